The Bertz CT molecular complexity index is 967. The molecular formula is C23H34N+. The lowest BCUT2D eigenvalue weighted by molar-refractivity contribution is -0.660. The Labute approximate surface area is 158 Å². The summed E-state index contributed by atoms with van der Waals surface area (Å²) in [6.07, 6.45) is -1.82. The number of aryl methyl sites for hydroxylation is 3. The van der Waals surface area contributed by atoms with Crippen molar-refractivity contribution in [2.24, 2.45) is 18.4 Å². The topological polar surface area (TPSA) is 3.88 Å². The van der Waals surface area contributed by atoms with Crippen molar-refractivity contribution < 1.29 is 14.2 Å². The number of benzene rings is 1. The van der Waals surface area contributed by atoms with E-state index in [1.54, 1.807) is 48.9 Å². The van der Waals surface area contributed by atoms with E-state index >= 15 is 0 Å². The summed E-state index contributed by atoms with van der Waals surface area (Å²) in [6.45, 7) is 8.66. The van der Waals surface area contributed by atoms with Gasteiger partial charge in [-0.2, -0.15) is 0 Å². The van der Waals surface area contributed by atoms with Gasteiger partial charge in [-0.1, -0.05) is 52.3 Å². The molecule has 0 aliphatic heterocycles. The largest absolute Gasteiger partial charge is 0.212 e. The summed E-state index contributed by atoms with van der Waals surface area (Å²) < 4.78 is 59.9. The molecule has 130 valence electrons. The first-order valence-electron chi connectivity index (χ1n) is 12.0. The van der Waals surface area contributed by atoms with Gasteiger partial charge < -0.3 is 0 Å². The van der Waals surface area contributed by atoms with Crippen LogP contribution in [-0.2, 0) is 19.8 Å². The molecule has 0 atom stereocenters. The second-order valence-electron chi connectivity index (χ2n) is 7.80. The van der Waals surface area contributed by atoms with Crippen LogP contribution < -0.4 is 4.57 Å². The minimum Gasteiger partial charge on any atom is -0.201 e. The molecule has 0 fully saturated rings. The van der Waals surface area contributed by atoms with Crippen LogP contribution in [0.25, 0.3) is 11.3 Å². The monoisotopic (exact) mass is 331 g/mol. The fraction of sp³-hybridized carbons (Fsp3) is 0.522. The minimum absolute atomic E-state index is 0.259. The van der Waals surface area contributed by atoms with Gasteiger partial charge in [0.2, 0.25) is 5.69 Å². The molecule has 0 spiro atoms. The first kappa shape index (κ1) is 11.1. The highest BCUT2D eigenvalue weighted by Crippen LogP contribution is 2.28. The van der Waals surface area contributed by atoms with Crippen LogP contribution >= 0.6 is 0 Å². The zero-order valence-electron chi connectivity index (χ0n) is 22.9. The van der Waals surface area contributed by atoms with Crippen LogP contribution in [0, 0.1) is 25.1 Å². The Morgan fingerprint density at radius 3 is 2.42 bits per heavy atom. The van der Waals surface area contributed by atoms with Crippen molar-refractivity contribution in [3.63, 3.8) is 0 Å². The summed E-state index contributed by atoms with van der Waals surface area (Å²) >= 11 is 0. The van der Waals surface area contributed by atoms with Crippen LogP contribution in [0.15, 0.2) is 30.5 Å². The summed E-state index contributed by atoms with van der Waals surface area (Å²) in [5, 5.41) is 0. The number of aromatic nitrogens is 1. The van der Waals surface area contributed by atoms with Crippen LogP contribution in [0.4, 0.5) is 0 Å². The van der Waals surface area contributed by atoms with Crippen molar-refractivity contribution in [3.8, 4) is 11.3 Å². The van der Waals surface area contributed by atoms with E-state index in [4.69, 9.17) is 9.60 Å². The first-order chi connectivity index (χ1) is 13.8. The number of rotatable bonds is 4. The van der Waals surface area contributed by atoms with Crippen molar-refractivity contribution in [3.05, 3.63) is 52.7 Å². The van der Waals surface area contributed by atoms with Gasteiger partial charge in [-0.15, -0.1) is 0 Å². The third kappa shape index (κ3) is 4.69. The molecule has 2 rings (SSSR count). The maximum atomic E-state index is 8.90. The highest BCUT2D eigenvalue weighted by atomic mass is 14.9. The first-order valence-corrected chi connectivity index (χ1v) is 8.48. The normalized spacial score (nSPS) is 18.1. The van der Waals surface area contributed by atoms with Crippen molar-refractivity contribution in [1.82, 2.24) is 0 Å². The molecule has 0 aliphatic carbocycles. The van der Waals surface area contributed by atoms with Gasteiger partial charge in [-0.3, -0.25) is 0 Å². The third-order valence-corrected chi connectivity index (χ3v) is 3.73. The second kappa shape index (κ2) is 7.09. The average molecular weight is 332 g/mol. The molecule has 1 heteroatoms. The Kier molecular flexibility index (Phi) is 3.27. The number of hydrogen-bond acceptors (Lipinski definition) is 0. The van der Waals surface area contributed by atoms with Crippen molar-refractivity contribution in [2.45, 2.75) is 61.1 Å². The highest BCUT2D eigenvalue weighted by Gasteiger charge is 2.21. The predicted octanol–water partition coefficient (Wildman–Crippen LogP) is 5.58. The van der Waals surface area contributed by atoms with Gasteiger partial charge in [0.1, 0.15) is 7.05 Å². The molecule has 0 radical (unpaired) electrons. The molecule has 1 nitrogen and oxygen atoms in total. The van der Waals surface area contributed by atoms with Crippen LogP contribution in [0.2, 0.25) is 0 Å². The van der Waals surface area contributed by atoms with Crippen LogP contribution in [0.5, 0.6) is 0 Å². The van der Waals surface area contributed by atoms with E-state index in [1.165, 1.54) is 0 Å². The Balaban J connectivity index is 2.86. The Hall–Kier alpha value is -1.63. The molecule has 0 saturated carbocycles. The maximum absolute atomic E-state index is 8.90. The molecule has 2 aromatic rings. The molecule has 0 saturated heterocycles. The summed E-state index contributed by atoms with van der Waals surface area (Å²) in [7, 11) is 1.81. The van der Waals surface area contributed by atoms with Gasteiger partial charge in [-0.25, -0.2) is 4.57 Å². The van der Waals surface area contributed by atoms with E-state index in [-0.39, 0.29) is 11.5 Å². The summed E-state index contributed by atoms with van der Waals surface area (Å²) in [4.78, 5) is 0. The Morgan fingerprint density at radius 2 is 1.88 bits per heavy atom. The lowest BCUT2D eigenvalue weighted by atomic mass is 9.84. The van der Waals surface area contributed by atoms with Gasteiger partial charge in [0.15, 0.2) is 6.20 Å². The molecule has 24 heavy (non-hydrogen) atoms. The van der Waals surface area contributed by atoms with Crippen LogP contribution in [0.1, 0.15) is 66.5 Å². The van der Waals surface area contributed by atoms with Crippen LogP contribution in [0.3, 0.4) is 0 Å². The molecule has 0 bridgehead atoms. The molecule has 1 aromatic carbocycles. The standard InChI is InChI=1S/C23H34N/c1-16(2)11-20-15-24(8)22(13-19(20)14-23(5,6)7)21-10-9-17(3)12-18(21)4/h9-10,12-13,15-16H,11,14H2,1-8H3/q+1/i3D3,11D2,14D2. The number of pyridine rings is 1. The van der Waals surface area contributed by atoms with E-state index < -0.39 is 25.0 Å². The summed E-state index contributed by atoms with van der Waals surface area (Å²) in [5.41, 5.74) is 2.43. The Morgan fingerprint density at radius 1 is 1.17 bits per heavy atom. The minimum atomic E-state index is -2.20. The molecule has 0 unspecified atom stereocenters. The molecule has 0 amide bonds. The fourth-order valence-corrected chi connectivity index (χ4v) is 2.80. The maximum Gasteiger partial charge on any atom is 0.212 e. The molecule has 1 aromatic heterocycles. The van der Waals surface area contributed by atoms with E-state index in [0.29, 0.717) is 16.8 Å². The lowest BCUT2D eigenvalue weighted by Gasteiger charge is -2.21. The van der Waals surface area contributed by atoms with Gasteiger partial charge in [0.05, 0.1) is 0 Å². The van der Waals surface area contributed by atoms with Crippen LogP contribution in [-0.4, -0.2) is 0 Å². The fourth-order valence-electron chi connectivity index (χ4n) is 2.80. The van der Waals surface area contributed by atoms with E-state index in [0.717, 1.165) is 11.1 Å². The van der Waals surface area contributed by atoms with Crippen molar-refractivity contribution in [2.75, 3.05) is 0 Å². The lowest BCUT2D eigenvalue weighted by Crippen LogP contribution is -2.33. The van der Waals surface area contributed by atoms with E-state index in [1.807, 2.05) is 34.7 Å². The molecule has 1 heterocycles. The average Bonchev–Trinajstić information content (AvgIpc) is 2.59. The zero-order chi connectivity index (χ0) is 24.2. The summed E-state index contributed by atoms with van der Waals surface area (Å²) in [6, 6.07) is 6.70. The molecule has 0 N–H and O–H groups in total. The van der Waals surface area contributed by atoms with Gasteiger partial charge in [0.25, 0.3) is 0 Å². The van der Waals surface area contributed by atoms with Crippen molar-refractivity contribution >= 4 is 0 Å². The third-order valence-electron chi connectivity index (χ3n) is 3.73. The van der Waals surface area contributed by atoms with Crippen molar-refractivity contribution in [1.29, 1.82) is 0 Å². The predicted molar refractivity (Wildman–Crippen MR) is 104 cm³/mol. The van der Waals surface area contributed by atoms with Gasteiger partial charge in [0, 0.05) is 26.8 Å². The van der Waals surface area contributed by atoms with E-state index in [9.17, 15) is 0 Å². The highest BCUT2D eigenvalue weighted by molar-refractivity contribution is 5.62. The smallest absolute Gasteiger partial charge is 0.201 e. The number of nitrogens with zero attached hydrogens (tertiary/aromatic N) is 1. The van der Waals surface area contributed by atoms with Gasteiger partial charge >= 0.3 is 0 Å². The zero-order valence-corrected chi connectivity index (χ0v) is 15.9. The SMILES string of the molecule is [2H]C([2H])([2H])c1ccc(-c2cc(C([2H])([2H])C(C)(C)C)c(C([2H])([2H])C(C)C)c[n+]2C)c(C)c1. The quantitative estimate of drug-likeness (QED) is 0.644. The molecule has 0 aliphatic rings. The second-order valence-corrected chi connectivity index (χ2v) is 7.80. The summed E-state index contributed by atoms with van der Waals surface area (Å²) in [5.74, 6) is -0.340. The number of hydrogen-bond donors (Lipinski definition) is 0. The molecular weight excluding hydrogens is 290 g/mol. The van der Waals surface area contributed by atoms with Gasteiger partial charge in [-0.05, 0) is 55.0 Å². The van der Waals surface area contributed by atoms with E-state index in [2.05, 4.69) is 0 Å².